The summed E-state index contributed by atoms with van der Waals surface area (Å²) in [5.41, 5.74) is 5.75. The number of rotatable bonds is 21. The number of nitrogens with two attached hydrogens (primary N) is 1. The SMILES string of the molecule is CC(N)CCCCCCCCCCCCCCCCCOOOOO. The summed E-state index contributed by atoms with van der Waals surface area (Å²) in [7, 11) is 0. The third-order valence-electron chi connectivity index (χ3n) is 4.49. The molecule has 0 radical (unpaired) electrons. The van der Waals surface area contributed by atoms with Gasteiger partial charge in [-0.15, -0.1) is 0 Å². The van der Waals surface area contributed by atoms with Crippen LogP contribution in [-0.4, -0.2) is 17.9 Å². The Labute approximate surface area is 154 Å². The lowest BCUT2D eigenvalue weighted by Crippen LogP contribution is -2.13. The van der Waals surface area contributed by atoms with Crippen LogP contribution >= 0.6 is 0 Å². The maximum Gasteiger partial charge on any atom is 0.0855 e. The molecule has 0 aromatic rings. The summed E-state index contributed by atoms with van der Waals surface area (Å²) in [5, 5.41) is 18.8. The quantitative estimate of drug-likeness (QED) is 0.151. The molecule has 0 aromatic carbocycles. The van der Waals surface area contributed by atoms with Gasteiger partial charge in [-0.05, 0) is 34.9 Å². The largest absolute Gasteiger partial charge is 0.328 e. The molecule has 0 bridgehead atoms. The van der Waals surface area contributed by atoms with Gasteiger partial charge in [-0.2, -0.15) is 0 Å². The van der Waals surface area contributed by atoms with Gasteiger partial charge in [-0.3, -0.25) is 0 Å². The highest BCUT2D eigenvalue weighted by Crippen LogP contribution is 2.13. The van der Waals surface area contributed by atoms with E-state index in [4.69, 9.17) is 11.0 Å². The van der Waals surface area contributed by atoms with Crippen molar-refractivity contribution in [1.82, 2.24) is 0 Å². The second-order valence-corrected chi connectivity index (χ2v) is 7.10. The highest BCUT2D eigenvalue weighted by atomic mass is 17.8. The van der Waals surface area contributed by atoms with Crippen molar-refractivity contribution in [3.8, 4) is 0 Å². The number of hydrogen-bond acceptors (Lipinski definition) is 6. The zero-order valence-electron chi connectivity index (χ0n) is 16.3. The van der Waals surface area contributed by atoms with Gasteiger partial charge >= 0.3 is 0 Å². The lowest BCUT2D eigenvalue weighted by Gasteiger charge is -2.05. The van der Waals surface area contributed by atoms with E-state index in [9.17, 15) is 0 Å². The van der Waals surface area contributed by atoms with Crippen molar-refractivity contribution in [2.45, 2.75) is 116 Å². The van der Waals surface area contributed by atoms with Crippen LogP contribution in [0.1, 0.15) is 110 Å². The van der Waals surface area contributed by atoms with Crippen molar-refractivity contribution in [2.24, 2.45) is 5.73 Å². The Morgan fingerprint density at radius 2 is 1.04 bits per heavy atom. The Balaban J connectivity index is 2.96. The zero-order valence-corrected chi connectivity index (χ0v) is 16.3. The maximum absolute atomic E-state index is 7.79. The van der Waals surface area contributed by atoms with E-state index in [-0.39, 0.29) is 0 Å². The van der Waals surface area contributed by atoms with Crippen LogP contribution < -0.4 is 5.73 Å². The molecule has 6 nitrogen and oxygen atoms in total. The highest BCUT2D eigenvalue weighted by molar-refractivity contribution is 4.54. The fourth-order valence-corrected chi connectivity index (χ4v) is 2.99. The number of hydrogen-bond donors (Lipinski definition) is 2. The van der Waals surface area contributed by atoms with Gasteiger partial charge in [0.15, 0.2) is 0 Å². The Hall–Kier alpha value is -0.240. The molecular formula is C19H41NO5. The lowest BCUT2D eigenvalue weighted by atomic mass is 10.0. The predicted molar refractivity (Wildman–Crippen MR) is 99.4 cm³/mol. The minimum atomic E-state index is 0.372. The van der Waals surface area contributed by atoms with E-state index >= 15 is 0 Å². The van der Waals surface area contributed by atoms with Crippen molar-refractivity contribution in [3.05, 3.63) is 0 Å². The average molecular weight is 364 g/mol. The van der Waals surface area contributed by atoms with Gasteiger partial charge in [-0.1, -0.05) is 89.9 Å². The van der Waals surface area contributed by atoms with Gasteiger partial charge in [0.25, 0.3) is 0 Å². The van der Waals surface area contributed by atoms with Crippen LogP contribution in [0, 0.1) is 0 Å². The first-order valence-corrected chi connectivity index (χ1v) is 10.3. The van der Waals surface area contributed by atoms with E-state index in [0.717, 1.165) is 12.8 Å². The Kier molecular flexibility index (Phi) is 21.6. The first-order valence-electron chi connectivity index (χ1n) is 10.3. The molecule has 0 saturated carbocycles. The molecule has 6 heteroatoms. The molecule has 3 N–H and O–H groups in total. The molecule has 1 atom stereocenters. The summed E-state index contributed by atoms with van der Waals surface area (Å²) in [6, 6.07) is 0.372. The molecule has 0 aromatic heterocycles. The fraction of sp³-hybridized carbons (Fsp3) is 1.00. The standard InChI is InChI=1S/C19H41NO5/c1-19(20)17-15-13-11-9-7-5-3-2-4-6-8-10-12-14-16-18-22-24-25-23-21/h19,21H,2-18,20H2,1H3. The molecule has 0 aliphatic carbocycles. The van der Waals surface area contributed by atoms with Gasteiger partial charge in [0.2, 0.25) is 0 Å². The minimum absolute atomic E-state index is 0.372. The molecule has 0 aliphatic rings. The van der Waals surface area contributed by atoms with Crippen LogP contribution in [0.15, 0.2) is 0 Å². The fourth-order valence-electron chi connectivity index (χ4n) is 2.99. The van der Waals surface area contributed by atoms with Crippen molar-refractivity contribution >= 4 is 0 Å². The first kappa shape index (κ1) is 24.8. The molecule has 1 unspecified atom stereocenters. The third kappa shape index (κ3) is 23.8. The van der Waals surface area contributed by atoms with Crippen LogP contribution in [0.5, 0.6) is 0 Å². The van der Waals surface area contributed by atoms with Crippen LogP contribution in [0.3, 0.4) is 0 Å². The summed E-state index contributed by atoms with van der Waals surface area (Å²) < 4.78 is 0. The van der Waals surface area contributed by atoms with E-state index in [1.54, 1.807) is 0 Å². The van der Waals surface area contributed by atoms with Gasteiger partial charge < -0.3 is 5.73 Å². The molecule has 0 spiro atoms. The summed E-state index contributed by atoms with van der Waals surface area (Å²) in [5.74, 6) is 0. The predicted octanol–water partition coefficient (Wildman–Crippen LogP) is 5.86. The lowest BCUT2D eigenvalue weighted by molar-refractivity contribution is -0.702. The van der Waals surface area contributed by atoms with Crippen LogP contribution in [0.25, 0.3) is 0 Å². The van der Waals surface area contributed by atoms with Gasteiger partial charge in [-0.25, -0.2) is 10.1 Å². The molecule has 0 rings (SSSR count). The minimum Gasteiger partial charge on any atom is -0.328 e. The molecule has 0 saturated heterocycles. The highest BCUT2D eigenvalue weighted by Gasteiger charge is 1.96. The zero-order chi connectivity index (χ0) is 18.4. The van der Waals surface area contributed by atoms with E-state index in [1.807, 2.05) is 0 Å². The van der Waals surface area contributed by atoms with Crippen LogP contribution in [-0.2, 0) is 20.0 Å². The summed E-state index contributed by atoms with van der Waals surface area (Å²) in [4.78, 5) is 4.59. The normalized spacial score (nSPS) is 12.6. The summed E-state index contributed by atoms with van der Waals surface area (Å²) >= 11 is 0. The van der Waals surface area contributed by atoms with Crippen molar-refractivity contribution in [2.75, 3.05) is 6.61 Å². The summed E-state index contributed by atoms with van der Waals surface area (Å²) in [6.45, 7) is 2.54. The Morgan fingerprint density at radius 1 is 0.640 bits per heavy atom. The van der Waals surface area contributed by atoms with Gasteiger partial charge in [0, 0.05) is 6.04 Å². The second kappa shape index (κ2) is 21.8. The Morgan fingerprint density at radius 3 is 1.44 bits per heavy atom. The summed E-state index contributed by atoms with van der Waals surface area (Å²) in [6.07, 6.45) is 20.8. The first-order chi connectivity index (χ1) is 12.3. The van der Waals surface area contributed by atoms with E-state index < -0.39 is 0 Å². The molecule has 0 fully saturated rings. The monoisotopic (exact) mass is 363 g/mol. The molecule has 0 aliphatic heterocycles. The molecular weight excluding hydrogens is 322 g/mol. The van der Waals surface area contributed by atoms with Crippen LogP contribution in [0.4, 0.5) is 0 Å². The van der Waals surface area contributed by atoms with E-state index in [2.05, 4.69) is 26.9 Å². The van der Waals surface area contributed by atoms with E-state index in [1.165, 1.54) is 89.9 Å². The smallest absolute Gasteiger partial charge is 0.0855 e. The molecule has 0 amide bonds. The van der Waals surface area contributed by atoms with Crippen LogP contribution in [0.2, 0.25) is 0 Å². The van der Waals surface area contributed by atoms with Gasteiger partial charge in [0.1, 0.15) is 0 Å². The molecule has 152 valence electrons. The van der Waals surface area contributed by atoms with Crippen molar-refractivity contribution < 1.29 is 25.3 Å². The molecule has 0 heterocycles. The van der Waals surface area contributed by atoms with E-state index in [0.29, 0.717) is 12.6 Å². The third-order valence-corrected chi connectivity index (χ3v) is 4.49. The van der Waals surface area contributed by atoms with Crippen molar-refractivity contribution in [3.63, 3.8) is 0 Å². The molecule has 25 heavy (non-hydrogen) atoms. The number of unbranched alkanes of at least 4 members (excludes halogenated alkanes) is 14. The van der Waals surface area contributed by atoms with Gasteiger partial charge in [0.05, 0.1) is 6.61 Å². The average Bonchev–Trinajstić information content (AvgIpc) is 2.60. The maximum atomic E-state index is 7.79. The second-order valence-electron chi connectivity index (χ2n) is 7.10. The topological polar surface area (TPSA) is 83.2 Å². The Bertz CT molecular complexity index is 242. The van der Waals surface area contributed by atoms with Crippen molar-refractivity contribution in [1.29, 1.82) is 0 Å².